The third kappa shape index (κ3) is 3.10. The number of benzene rings is 1. The van der Waals surface area contributed by atoms with Crippen molar-refractivity contribution in [3.05, 3.63) is 63.4 Å². The number of fused-ring (bicyclic) bond motifs is 1. The van der Waals surface area contributed by atoms with E-state index >= 15 is 0 Å². The number of aliphatic carboxylic acids is 1. The molecule has 1 aliphatic heterocycles. The van der Waals surface area contributed by atoms with Crippen molar-refractivity contribution < 1.29 is 14.7 Å². The van der Waals surface area contributed by atoms with Crippen LogP contribution in [0.2, 0.25) is 0 Å². The van der Waals surface area contributed by atoms with Crippen molar-refractivity contribution in [1.29, 1.82) is 0 Å². The van der Waals surface area contributed by atoms with Gasteiger partial charge in [0.2, 0.25) is 0 Å². The number of carbonyl (C=O) groups excluding carboxylic acids is 1. The van der Waals surface area contributed by atoms with Crippen molar-refractivity contribution in [2.24, 2.45) is 0 Å². The van der Waals surface area contributed by atoms with Crippen LogP contribution in [-0.2, 0) is 4.79 Å². The minimum absolute atomic E-state index is 0.0620. The standard InChI is InChI=1S/C18H14INO3/c1-12-11-15-13(5-6-17(21)22)3-2-4-16(15)20(12)18(23)14-7-9-19-10-8-14/h2-11H,1H3,(H,21,22)/b6-5+. The number of nitrogens with zero attached hydrogens (tertiary/aromatic N) is 1. The van der Waals surface area contributed by atoms with Gasteiger partial charge >= 0.3 is 5.97 Å². The van der Waals surface area contributed by atoms with Crippen LogP contribution in [0.25, 0.3) is 17.0 Å². The fraction of sp³-hybridized carbons (Fsp3) is 0.0556. The SMILES string of the molecule is Cc1cc2c(/C=C/C(=O)O)cccc2n1C(=O)C1=CC=IC=C1. The van der Waals surface area contributed by atoms with E-state index in [1.807, 2.05) is 43.3 Å². The molecular formula is C18H14INO3. The molecule has 1 aromatic carbocycles. The summed E-state index contributed by atoms with van der Waals surface area (Å²) in [7, 11) is 0. The molecule has 0 amide bonds. The molecular weight excluding hydrogens is 405 g/mol. The Hall–Kier alpha value is -2.28. The summed E-state index contributed by atoms with van der Waals surface area (Å²) >= 11 is -0.0647. The Bertz CT molecular complexity index is 929. The van der Waals surface area contributed by atoms with Gasteiger partial charge in [0.1, 0.15) is 0 Å². The number of aromatic nitrogens is 1. The molecule has 0 fully saturated rings. The maximum Gasteiger partial charge on any atom is 0.328 e. The second-order valence-corrected chi connectivity index (χ2v) is 7.20. The number of carbonyl (C=O) groups is 2. The first-order valence-electron chi connectivity index (χ1n) is 6.97. The second kappa shape index (κ2) is 6.45. The Morgan fingerprint density at radius 1 is 1.30 bits per heavy atom. The molecule has 0 bridgehead atoms. The molecule has 3 rings (SSSR count). The molecule has 0 atom stereocenters. The van der Waals surface area contributed by atoms with Gasteiger partial charge in [0.25, 0.3) is 5.91 Å². The third-order valence-electron chi connectivity index (χ3n) is 3.55. The summed E-state index contributed by atoms with van der Waals surface area (Å²) in [6, 6.07) is 7.46. The molecule has 116 valence electrons. The van der Waals surface area contributed by atoms with Crippen LogP contribution < -0.4 is 0 Å². The molecule has 0 saturated carbocycles. The van der Waals surface area contributed by atoms with Crippen LogP contribution in [0.1, 0.15) is 16.1 Å². The average molecular weight is 419 g/mol. The van der Waals surface area contributed by atoms with Crippen LogP contribution in [0.4, 0.5) is 0 Å². The molecule has 2 heterocycles. The highest BCUT2D eigenvalue weighted by Crippen LogP contribution is 2.26. The number of rotatable bonds is 3. The van der Waals surface area contributed by atoms with Crippen molar-refractivity contribution in [3.8, 4) is 0 Å². The van der Waals surface area contributed by atoms with Crippen LogP contribution in [0.3, 0.4) is 0 Å². The van der Waals surface area contributed by atoms with Gasteiger partial charge in [0.15, 0.2) is 0 Å². The Labute approximate surface area is 143 Å². The summed E-state index contributed by atoms with van der Waals surface area (Å²) < 4.78 is 5.81. The lowest BCUT2D eigenvalue weighted by atomic mass is 10.1. The van der Waals surface area contributed by atoms with E-state index in [0.717, 1.165) is 28.2 Å². The summed E-state index contributed by atoms with van der Waals surface area (Å²) in [4.78, 5) is 23.5. The molecule has 0 radical (unpaired) electrons. The van der Waals surface area contributed by atoms with Gasteiger partial charge < -0.3 is 5.11 Å². The van der Waals surface area contributed by atoms with Crippen molar-refractivity contribution in [2.45, 2.75) is 6.92 Å². The van der Waals surface area contributed by atoms with E-state index in [0.29, 0.717) is 5.57 Å². The summed E-state index contributed by atoms with van der Waals surface area (Å²) in [5.74, 6) is -1.06. The van der Waals surface area contributed by atoms with E-state index in [2.05, 4.69) is 8.09 Å². The zero-order valence-corrected chi connectivity index (χ0v) is 14.5. The molecule has 0 saturated heterocycles. The van der Waals surface area contributed by atoms with Gasteiger partial charge in [-0.2, -0.15) is 0 Å². The fourth-order valence-electron chi connectivity index (χ4n) is 2.54. The largest absolute Gasteiger partial charge is 0.478 e. The molecule has 23 heavy (non-hydrogen) atoms. The normalized spacial score (nSPS) is 14.0. The van der Waals surface area contributed by atoms with Crippen molar-refractivity contribution >= 4 is 53.6 Å². The van der Waals surface area contributed by atoms with Crippen LogP contribution in [0, 0.1) is 6.92 Å². The van der Waals surface area contributed by atoms with E-state index in [4.69, 9.17) is 5.11 Å². The summed E-state index contributed by atoms with van der Waals surface area (Å²) in [5.41, 5.74) is 3.07. The highest BCUT2D eigenvalue weighted by molar-refractivity contribution is 14.2. The molecule has 4 nitrogen and oxygen atoms in total. The van der Waals surface area contributed by atoms with Crippen LogP contribution in [0.15, 0.2) is 52.1 Å². The molecule has 0 aliphatic carbocycles. The zero-order valence-electron chi connectivity index (χ0n) is 12.4. The van der Waals surface area contributed by atoms with E-state index in [1.165, 1.54) is 0 Å². The molecule has 0 unspecified atom stereocenters. The highest BCUT2D eigenvalue weighted by atomic mass is 127. The topological polar surface area (TPSA) is 59.3 Å². The summed E-state index contributed by atoms with van der Waals surface area (Å²) in [6.45, 7) is 1.88. The number of carboxylic acid groups (broad SMARTS) is 1. The molecule has 2 aromatic rings. The van der Waals surface area contributed by atoms with Gasteiger partial charge in [0.05, 0.1) is 5.52 Å². The lowest BCUT2D eigenvalue weighted by molar-refractivity contribution is -0.131. The van der Waals surface area contributed by atoms with Crippen LogP contribution in [-0.4, -0.2) is 25.6 Å². The van der Waals surface area contributed by atoms with E-state index in [1.54, 1.807) is 10.6 Å². The van der Waals surface area contributed by atoms with Gasteiger partial charge in [0, 0.05) is 22.7 Å². The first kappa shape index (κ1) is 15.6. The number of carboxylic acids is 1. The Morgan fingerprint density at radius 3 is 2.83 bits per heavy atom. The summed E-state index contributed by atoms with van der Waals surface area (Å²) in [5, 5.41) is 9.67. The number of halogens is 1. The first-order valence-corrected chi connectivity index (χ1v) is 9.46. The summed E-state index contributed by atoms with van der Waals surface area (Å²) in [6.07, 6.45) is 6.43. The molecule has 1 N–H and O–H groups in total. The number of allylic oxidation sites excluding steroid dienone is 3. The van der Waals surface area contributed by atoms with Crippen LogP contribution in [0.5, 0.6) is 0 Å². The lowest BCUT2D eigenvalue weighted by Gasteiger charge is -2.08. The molecule has 1 aromatic heterocycles. The van der Waals surface area contributed by atoms with Gasteiger partial charge in [-0.15, -0.1) is 0 Å². The number of hydrogen-bond donors (Lipinski definition) is 1. The van der Waals surface area contributed by atoms with Gasteiger partial charge in [-0.05, 0) is 50.9 Å². The minimum Gasteiger partial charge on any atom is -0.478 e. The minimum atomic E-state index is -0.995. The maximum absolute atomic E-state index is 12.8. The second-order valence-electron chi connectivity index (χ2n) is 5.04. The molecule has 0 spiro atoms. The van der Waals surface area contributed by atoms with Crippen molar-refractivity contribution in [2.75, 3.05) is 0 Å². The third-order valence-corrected chi connectivity index (χ3v) is 5.10. The van der Waals surface area contributed by atoms with Crippen molar-refractivity contribution in [1.82, 2.24) is 4.57 Å². The quantitative estimate of drug-likeness (QED) is 0.606. The van der Waals surface area contributed by atoms with Gasteiger partial charge in [-0.3, -0.25) is 9.36 Å². The molecule has 1 aliphatic rings. The maximum atomic E-state index is 12.8. The average Bonchev–Trinajstić information content (AvgIpc) is 2.89. The predicted molar refractivity (Wildman–Crippen MR) is 101 cm³/mol. The predicted octanol–water partition coefficient (Wildman–Crippen LogP) is 3.91. The van der Waals surface area contributed by atoms with Crippen LogP contribution >= 0.6 is 20.7 Å². The monoisotopic (exact) mass is 419 g/mol. The molecule has 5 heteroatoms. The first-order chi connectivity index (χ1) is 11.1. The zero-order chi connectivity index (χ0) is 16.4. The Morgan fingerprint density at radius 2 is 2.13 bits per heavy atom. The Kier molecular flexibility index (Phi) is 4.38. The van der Waals surface area contributed by atoms with Gasteiger partial charge in [-0.25, -0.2) is 4.79 Å². The number of aryl methyl sites for hydroxylation is 1. The lowest BCUT2D eigenvalue weighted by Crippen LogP contribution is -2.14. The fourth-order valence-corrected chi connectivity index (χ4v) is 3.97. The number of hydrogen-bond acceptors (Lipinski definition) is 2. The van der Waals surface area contributed by atoms with Gasteiger partial charge in [-0.1, -0.05) is 32.9 Å². The van der Waals surface area contributed by atoms with E-state index in [9.17, 15) is 9.59 Å². The highest BCUT2D eigenvalue weighted by Gasteiger charge is 2.16. The van der Waals surface area contributed by atoms with E-state index < -0.39 is 5.97 Å². The Balaban J connectivity index is 2.14. The van der Waals surface area contributed by atoms with Crippen molar-refractivity contribution in [3.63, 3.8) is 0 Å². The smallest absolute Gasteiger partial charge is 0.328 e. The van der Waals surface area contributed by atoms with E-state index in [-0.39, 0.29) is 26.6 Å².